The molecule has 13 heteroatoms. The van der Waals surface area contributed by atoms with Crippen molar-refractivity contribution in [1.29, 1.82) is 0 Å². The Morgan fingerprint density at radius 3 is 2.41 bits per heavy atom. The van der Waals surface area contributed by atoms with Crippen molar-refractivity contribution < 1.29 is 37.3 Å². The number of hydrogen-bond donors (Lipinski definition) is 1. The van der Waals surface area contributed by atoms with E-state index in [0.29, 0.717) is 6.54 Å². The summed E-state index contributed by atoms with van der Waals surface area (Å²) in [6.07, 6.45) is -4.17. The second-order valence-corrected chi connectivity index (χ2v) is 6.48. The third-order valence-corrected chi connectivity index (χ3v) is 4.38. The van der Waals surface area contributed by atoms with Crippen LogP contribution in [0.5, 0.6) is 0 Å². The Balaban J connectivity index is 0.000000370. The molecule has 1 N–H and O–H groups in total. The zero-order valence-corrected chi connectivity index (χ0v) is 16.0. The molecule has 0 spiro atoms. The molecule has 0 atom stereocenters. The van der Waals surface area contributed by atoms with Crippen molar-refractivity contribution in [3.8, 4) is 0 Å². The number of carbonyl (C=O) groups is 2. The number of fused-ring (bicyclic) bond motifs is 1. The molecule has 1 amide bonds. The van der Waals surface area contributed by atoms with Gasteiger partial charge in [-0.25, -0.2) is 4.79 Å². The van der Waals surface area contributed by atoms with Gasteiger partial charge in [-0.05, 0) is 6.42 Å². The van der Waals surface area contributed by atoms with Gasteiger partial charge in [-0.15, -0.1) is 10.2 Å². The van der Waals surface area contributed by atoms with Gasteiger partial charge in [-0.2, -0.15) is 13.2 Å². The van der Waals surface area contributed by atoms with Crippen LogP contribution in [-0.4, -0.2) is 94.3 Å². The molecule has 0 unspecified atom stereocenters. The minimum Gasteiger partial charge on any atom is -0.475 e. The third kappa shape index (κ3) is 6.94. The van der Waals surface area contributed by atoms with Gasteiger partial charge in [0.05, 0.1) is 26.3 Å². The molecule has 1 aromatic rings. The number of aromatic nitrogens is 3. The normalized spacial score (nSPS) is 17.7. The number of amides is 1. The van der Waals surface area contributed by atoms with E-state index < -0.39 is 12.1 Å². The number of methoxy groups -OCH3 is 1. The molecule has 0 radical (unpaired) electrons. The van der Waals surface area contributed by atoms with Gasteiger partial charge >= 0.3 is 12.1 Å². The van der Waals surface area contributed by atoms with Gasteiger partial charge in [-0.3, -0.25) is 9.69 Å². The van der Waals surface area contributed by atoms with E-state index in [-0.39, 0.29) is 12.5 Å². The molecule has 1 saturated heterocycles. The van der Waals surface area contributed by atoms with Crippen LogP contribution in [0.1, 0.15) is 18.1 Å². The van der Waals surface area contributed by atoms with Gasteiger partial charge in [0.2, 0.25) is 5.91 Å². The van der Waals surface area contributed by atoms with Crippen molar-refractivity contribution in [2.24, 2.45) is 0 Å². The fourth-order valence-electron chi connectivity index (χ4n) is 2.92. The fraction of sp³-hybridized carbons (Fsp3) is 0.750. The number of aliphatic carboxylic acids is 1. The molecule has 1 fully saturated rings. The molecule has 3 heterocycles. The Hall–Kier alpha value is -2.25. The predicted octanol–water partition coefficient (Wildman–Crippen LogP) is 0.122. The Morgan fingerprint density at radius 2 is 1.83 bits per heavy atom. The number of alkyl halides is 3. The van der Waals surface area contributed by atoms with Crippen molar-refractivity contribution in [3.05, 3.63) is 11.6 Å². The molecule has 0 aliphatic carbocycles. The zero-order chi connectivity index (χ0) is 21.4. The number of hydrogen-bond acceptors (Lipinski definition) is 7. The maximum absolute atomic E-state index is 12.0. The first-order valence-corrected chi connectivity index (χ1v) is 9.00. The maximum Gasteiger partial charge on any atom is 0.490 e. The molecule has 29 heavy (non-hydrogen) atoms. The van der Waals surface area contributed by atoms with E-state index in [9.17, 15) is 18.0 Å². The van der Waals surface area contributed by atoms with Gasteiger partial charge in [0.1, 0.15) is 12.4 Å². The standard InChI is InChI=1S/C14H23N5O3.C2HF3O2/c1-21-11-14(20)18-3-2-4-19-12(15-16-13(19)10-18)9-17-5-7-22-8-6-17;3-2(4,5)1(6)7/h2-11H2,1H3;(H,6,7). The van der Waals surface area contributed by atoms with Crippen molar-refractivity contribution >= 4 is 11.9 Å². The summed E-state index contributed by atoms with van der Waals surface area (Å²) in [6.45, 7) is 6.44. The van der Waals surface area contributed by atoms with E-state index in [1.54, 1.807) is 12.0 Å². The highest BCUT2D eigenvalue weighted by molar-refractivity contribution is 5.77. The Kier molecular flexibility index (Phi) is 8.34. The highest BCUT2D eigenvalue weighted by atomic mass is 19.4. The number of carbonyl (C=O) groups excluding carboxylic acids is 1. The van der Waals surface area contributed by atoms with Gasteiger partial charge in [0, 0.05) is 33.3 Å². The van der Waals surface area contributed by atoms with Crippen LogP contribution in [0.3, 0.4) is 0 Å². The van der Waals surface area contributed by atoms with E-state index >= 15 is 0 Å². The molecule has 0 saturated carbocycles. The topological polar surface area (TPSA) is 110 Å². The summed E-state index contributed by atoms with van der Waals surface area (Å²) in [5.41, 5.74) is 0. The first kappa shape index (κ1) is 23.0. The Bertz CT molecular complexity index is 691. The van der Waals surface area contributed by atoms with Gasteiger partial charge in [0.15, 0.2) is 5.82 Å². The van der Waals surface area contributed by atoms with E-state index in [1.807, 2.05) is 0 Å². The number of ether oxygens (including phenoxy) is 2. The number of carboxylic acids is 1. The van der Waals surface area contributed by atoms with E-state index in [2.05, 4.69) is 19.7 Å². The van der Waals surface area contributed by atoms with Crippen LogP contribution in [0.15, 0.2) is 0 Å². The van der Waals surface area contributed by atoms with E-state index in [4.69, 9.17) is 19.4 Å². The lowest BCUT2D eigenvalue weighted by molar-refractivity contribution is -0.192. The quantitative estimate of drug-likeness (QED) is 0.728. The minimum atomic E-state index is -5.08. The highest BCUT2D eigenvalue weighted by Gasteiger charge is 2.38. The highest BCUT2D eigenvalue weighted by Crippen LogP contribution is 2.15. The molecule has 2 aliphatic rings. The van der Waals surface area contributed by atoms with Crippen LogP contribution in [0.25, 0.3) is 0 Å². The summed E-state index contributed by atoms with van der Waals surface area (Å²) < 4.78 is 44.2. The Labute approximate surface area is 165 Å². The van der Waals surface area contributed by atoms with Crippen LogP contribution in [-0.2, 0) is 38.7 Å². The molecule has 164 valence electrons. The molecule has 10 nitrogen and oxygen atoms in total. The first-order chi connectivity index (χ1) is 13.7. The molecule has 0 bridgehead atoms. The largest absolute Gasteiger partial charge is 0.490 e. The van der Waals surface area contributed by atoms with E-state index in [0.717, 1.165) is 64.0 Å². The first-order valence-electron chi connectivity index (χ1n) is 9.00. The van der Waals surface area contributed by atoms with Gasteiger partial charge < -0.3 is 24.0 Å². The molecule has 3 rings (SSSR count). The van der Waals surface area contributed by atoms with Crippen molar-refractivity contribution in [1.82, 2.24) is 24.6 Å². The molecular formula is C16H24F3N5O5. The predicted molar refractivity (Wildman–Crippen MR) is 91.7 cm³/mol. The van der Waals surface area contributed by atoms with Gasteiger partial charge in [0.25, 0.3) is 0 Å². The average molecular weight is 423 g/mol. The number of rotatable bonds is 4. The number of carboxylic acid groups (broad SMARTS) is 1. The maximum atomic E-state index is 12.0. The summed E-state index contributed by atoms with van der Waals surface area (Å²) in [5.74, 6) is -0.899. The fourth-order valence-corrected chi connectivity index (χ4v) is 2.92. The van der Waals surface area contributed by atoms with Gasteiger partial charge in [-0.1, -0.05) is 0 Å². The van der Waals surface area contributed by atoms with E-state index in [1.165, 1.54) is 0 Å². The molecule has 2 aliphatic heterocycles. The monoisotopic (exact) mass is 423 g/mol. The second-order valence-electron chi connectivity index (χ2n) is 6.48. The smallest absolute Gasteiger partial charge is 0.475 e. The number of morpholine rings is 1. The summed E-state index contributed by atoms with van der Waals surface area (Å²) in [5, 5.41) is 15.8. The van der Waals surface area contributed by atoms with Crippen LogP contribution in [0, 0.1) is 0 Å². The van der Waals surface area contributed by atoms with Crippen molar-refractivity contribution in [2.45, 2.75) is 32.2 Å². The van der Waals surface area contributed by atoms with Crippen LogP contribution in [0.4, 0.5) is 13.2 Å². The molecule has 1 aromatic heterocycles. The summed E-state index contributed by atoms with van der Waals surface area (Å²) in [6, 6.07) is 0. The van der Waals surface area contributed by atoms with Crippen LogP contribution >= 0.6 is 0 Å². The average Bonchev–Trinajstić information content (AvgIpc) is 2.90. The van der Waals surface area contributed by atoms with Crippen LogP contribution < -0.4 is 0 Å². The molecular weight excluding hydrogens is 399 g/mol. The summed E-state index contributed by atoms with van der Waals surface area (Å²) in [4.78, 5) is 25.0. The van der Waals surface area contributed by atoms with Crippen LogP contribution in [0.2, 0.25) is 0 Å². The number of halogens is 3. The van der Waals surface area contributed by atoms with Crippen molar-refractivity contribution in [3.63, 3.8) is 0 Å². The molecule has 0 aromatic carbocycles. The summed E-state index contributed by atoms with van der Waals surface area (Å²) in [7, 11) is 1.54. The SMILES string of the molecule is COCC(=O)N1CCCn2c(CN3CCOCC3)nnc2C1.O=C(O)C(F)(F)F. The summed E-state index contributed by atoms with van der Waals surface area (Å²) >= 11 is 0. The minimum absolute atomic E-state index is 0.00804. The lowest BCUT2D eigenvalue weighted by atomic mass is 10.3. The Morgan fingerprint density at radius 1 is 1.17 bits per heavy atom. The zero-order valence-electron chi connectivity index (χ0n) is 16.0. The van der Waals surface area contributed by atoms with Crippen molar-refractivity contribution in [2.75, 3.05) is 46.6 Å². The second kappa shape index (κ2) is 10.5. The third-order valence-electron chi connectivity index (χ3n) is 4.38. The number of nitrogens with zero attached hydrogens (tertiary/aromatic N) is 5. The lowest BCUT2D eigenvalue weighted by Crippen LogP contribution is -2.36. The lowest BCUT2D eigenvalue weighted by Gasteiger charge is -2.26.